The van der Waals surface area contributed by atoms with Crippen molar-refractivity contribution in [1.29, 1.82) is 0 Å². The SMILES string of the molecule is COc1cc([C@H]2c3sc(=O)[nH]c3S[C@H]3[C@@H]4CC[C@H](C4)[C@H]23)ccc1OCC(=O)O. The summed E-state index contributed by atoms with van der Waals surface area (Å²) in [6.07, 6.45) is 3.85. The second kappa shape index (κ2) is 6.84. The van der Waals surface area contributed by atoms with Crippen molar-refractivity contribution < 1.29 is 19.4 Å². The van der Waals surface area contributed by atoms with Crippen molar-refractivity contribution in [3.05, 3.63) is 38.3 Å². The number of methoxy groups -OCH3 is 1. The molecule has 2 fully saturated rings. The second-order valence-electron chi connectivity index (χ2n) is 7.77. The summed E-state index contributed by atoms with van der Waals surface area (Å²) in [5.41, 5.74) is 1.11. The van der Waals surface area contributed by atoms with Gasteiger partial charge in [-0.05, 0) is 54.7 Å². The number of aromatic nitrogens is 1. The first-order chi connectivity index (χ1) is 13.5. The number of carboxylic acids is 1. The first kappa shape index (κ1) is 18.1. The molecule has 5 rings (SSSR count). The topological polar surface area (TPSA) is 88.6 Å². The van der Waals surface area contributed by atoms with E-state index in [1.807, 2.05) is 23.9 Å². The molecule has 0 spiro atoms. The molecule has 0 saturated heterocycles. The standard InChI is InChI=1S/C20H21NO5S2/c1-25-13-7-10(4-5-12(13)26-8-14(22)23)16-15-9-2-3-11(6-9)17(15)27-19-18(16)28-20(24)21-19/h4-5,7,9,11,15-17H,2-3,6,8H2,1H3,(H,21,24)(H,22,23)/t9-,11-,15-,16-,17+/m1/s1. The van der Waals surface area contributed by atoms with E-state index in [1.54, 1.807) is 13.2 Å². The number of benzene rings is 1. The maximum absolute atomic E-state index is 12.1. The number of aliphatic carboxylic acids is 1. The third-order valence-corrected chi connectivity index (χ3v) is 8.99. The largest absolute Gasteiger partial charge is 0.493 e. The van der Waals surface area contributed by atoms with E-state index in [9.17, 15) is 9.59 Å². The normalized spacial score (nSPS) is 30.0. The Bertz CT molecular complexity index is 983. The lowest BCUT2D eigenvalue weighted by molar-refractivity contribution is -0.139. The molecule has 3 aliphatic rings. The van der Waals surface area contributed by atoms with Crippen molar-refractivity contribution in [3.63, 3.8) is 0 Å². The fourth-order valence-corrected chi connectivity index (χ4v) is 8.25. The predicted molar refractivity (Wildman–Crippen MR) is 107 cm³/mol. The molecule has 148 valence electrons. The molecule has 2 heterocycles. The minimum absolute atomic E-state index is 0.00296. The van der Waals surface area contributed by atoms with Crippen molar-refractivity contribution in [2.45, 2.75) is 35.5 Å². The van der Waals surface area contributed by atoms with Gasteiger partial charge < -0.3 is 19.6 Å². The lowest BCUT2D eigenvalue weighted by Gasteiger charge is -2.40. The Morgan fingerprint density at radius 1 is 1.29 bits per heavy atom. The van der Waals surface area contributed by atoms with Gasteiger partial charge in [-0.15, -0.1) is 11.8 Å². The summed E-state index contributed by atoms with van der Waals surface area (Å²) in [6.45, 7) is -0.409. The monoisotopic (exact) mass is 419 g/mol. The molecule has 8 heteroatoms. The molecular formula is C20H21NO5S2. The van der Waals surface area contributed by atoms with Crippen LogP contribution in [0.15, 0.2) is 28.0 Å². The Morgan fingerprint density at radius 3 is 2.89 bits per heavy atom. The third-order valence-electron chi connectivity index (χ3n) is 6.36. The van der Waals surface area contributed by atoms with Gasteiger partial charge in [0.15, 0.2) is 18.1 Å². The Morgan fingerprint density at radius 2 is 2.11 bits per heavy atom. The highest BCUT2D eigenvalue weighted by Crippen LogP contribution is 2.63. The van der Waals surface area contributed by atoms with E-state index in [1.165, 1.54) is 30.6 Å². The lowest BCUT2D eigenvalue weighted by Crippen LogP contribution is -2.33. The van der Waals surface area contributed by atoms with E-state index in [-0.39, 0.29) is 10.8 Å². The van der Waals surface area contributed by atoms with Gasteiger partial charge in [0, 0.05) is 16.0 Å². The van der Waals surface area contributed by atoms with Gasteiger partial charge >= 0.3 is 10.8 Å². The summed E-state index contributed by atoms with van der Waals surface area (Å²) in [4.78, 5) is 27.1. The number of H-pyrrole nitrogens is 1. The van der Waals surface area contributed by atoms with Crippen LogP contribution in [0, 0.1) is 17.8 Å². The molecule has 2 aliphatic carbocycles. The van der Waals surface area contributed by atoms with Crippen LogP contribution in [0.2, 0.25) is 0 Å². The summed E-state index contributed by atoms with van der Waals surface area (Å²) < 4.78 is 10.8. The second-order valence-corrected chi connectivity index (χ2v) is 9.97. The Hall–Kier alpha value is -1.93. The van der Waals surface area contributed by atoms with Crippen LogP contribution in [-0.4, -0.2) is 35.0 Å². The van der Waals surface area contributed by atoms with Crippen LogP contribution in [0.3, 0.4) is 0 Å². The number of thioether (sulfide) groups is 1. The van der Waals surface area contributed by atoms with Crippen LogP contribution in [-0.2, 0) is 4.79 Å². The average Bonchev–Trinajstić information content (AvgIpc) is 3.38. The minimum atomic E-state index is -1.03. The maximum Gasteiger partial charge on any atom is 0.341 e. The fraction of sp³-hybridized carbons (Fsp3) is 0.500. The molecule has 1 aliphatic heterocycles. The summed E-state index contributed by atoms with van der Waals surface area (Å²) in [6, 6.07) is 5.74. The van der Waals surface area contributed by atoms with Gasteiger partial charge in [0.1, 0.15) is 0 Å². The highest BCUT2D eigenvalue weighted by molar-refractivity contribution is 8.00. The van der Waals surface area contributed by atoms with Crippen molar-refractivity contribution in [3.8, 4) is 11.5 Å². The molecule has 5 atom stereocenters. The number of aromatic amines is 1. The van der Waals surface area contributed by atoms with Gasteiger partial charge in [0.2, 0.25) is 0 Å². The Balaban J connectivity index is 1.56. The van der Waals surface area contributed by atoms with E-state index < -0.39 is 12.6 Å². The lowest BCUT2D eigenvalue weighted by atomic mass is 9.75. The van der Waals surface area contributed by atoms with Crippen molar-refractivity contribution in [2.75, 3.05) is 13.7 Å². The van der Waals surface area contributed by atoms with Gasteiger partial charge in [0.05, 0.1) is 12.1 Å². The van der Waals surface area contributed by atoms with Gasteiger partial charge in [-0.3, -0.25) is 4.79 Å². The van der Waals surface area contributed by atoms with E-state index in [0.29, 0.717) is 28.6 Å². The molecule has 1 aromatic carbocycles. The third kappa shape index (κ3) is 2.85. The molecule has 2 saturated carbocycles. The van der Waals surface area contributed by atoms with Crippen LogP contribution in [0.4, 0.5) is 0 Å². The predicted octanol–water partition coefficient (Wildman–Crippen LogP) is 3.56. The zero-order valence-corrected chi connectivity index (χ0v) is 17.0. The Labute approximate surface area is 170 Å². The highest BCUT2D eigenvalue weighted by atomic mass is 32.2. The van der Waals surface area contributed by atoms with Crippen LogP contribution in [0.25, 0.3) is 0 Å². The quantitative estimate of drug-likeness (QED) is 0.770. The smallest absolute Gasteiger partial charge is 0.341 e. The van der Waals surface area contributed by atoms with E-state index in [4.69, 9.17) is 14.6 Å². The number of carbonyl (C=O) groups is 1. The number of fused-ring (bicyclic) bond motifs is 6. The maximum atomic E-state index is 12.1. The number of carboxylic acid groups (broad SMARTS) is 1. The Kier molecular flexibility index (Phi) is 4.43. The molecule has 0 radical (unpaired) electrons. The first-order valence-corrected chi connectivity index (χ1v) is 11.2. The molecule has 0 amide bonds. The van der Waals surface area contributed by atoms with Crippen LogP contribution in [0.1, 0.15) is 35.6 Å². The van der Waals surface area contributed by atoms with Crippen LogP contribution >= 0.6 is 23.1 Å². The average molecular weight is 420 g/mol. The zero-order valence-electron chi connectivity index (χ0n) is 15.3. The number of rotatable bonds is 5. The van der Waals surface area contributed by atoms with E-state index in [0.717, 1.165) is 21.4 Å². The molecule has 0 unspecified atom stereocenters. The molecular weight excluding hydrogens is 398 g/mol. The molecule has 28 heavy (non-hydrogen) atoms. The van der Waals surface area contributed by atoms with Crippen molar-refractivity contribution in [1.82, 2.24) is 4.98 Å². The summed E-state index contributed by atoms with van der Waals surface area (Å²) in [5, 5.41) is 10.4. The van der Waals surface area contributed by atoms with Crippen LogP contribution in [0.5, 0.6) is 11.5 Å². The number of hydrogen-bond donors (Lipinski definition) is 2. The number of hydrogen-bond acceptors (Lipinski definition) is 6. The summed E-state index contributed by atoms with van der Waals surface area (Å²) >= 11 is 3.19. The summed E-state index contributed by atoms with van der Waals surface area (Å²) in [5.74, 6) is 2.06. The fourth-order valence-electron chi connectivity index (χ4n) is 5.36. The molecule has 6 nitrogen and oxygen atoms in total. The molecule has 2 bridgehead atoms. The summed E-state index contributed by atoms with van der Waals surface area (Å²) in [7, 11) is 1.56. The van der Waals surface area contributed by atoms with Crippen molar-refractivity contribution >= 4 is 29.1 Å². The minimum Gasteiger partial charge on any atom is -0.493 e. The van der Waals surface area contributed by atoms with E-state index >= 15 is 0 Å². The molecule has 2 N–H and O–H groups in total. The van der Waals surface area contributed by atoms with Gasteiger partial charge in [-0.25, -0.2) is 4.79 Å². The van der Waals surface area contributed by atoms with Gasteiger partial charge in [-0.1, -0.05) is 17.4 Å². The van der Waals surface area contributed by atoms with E-state index in [2.05, 4.69) is 4.98 Å². The van der Waals surface area contributed by atoms with Crippen molar-refractivity contribution in [2.24, 2.45) is 17.8 Å². The number of thiazole rings is 1. The van der Waals surface area contributed by atoms with Crippen LogP contribution < -0.4 is 14.3 Å². The van der Waals surface area contributed by atoms with Gasteiger partial charge in [-0.2, -0.15) is 0 Å². The molecule has 2 aromatic rings. The molecule has 1 aromatic heterocycles. The number of nitrogens with one attached hydrogen (secondary N) is 1. The van der Waals surface area contributed by atoms with Gasteiger partial charge in [0.25, 0.3) is 0 Å². The number of ether oxygens (including phenoxy) is 2. The zero-order chi connectivity index (χ0) is 19.4. The highest BCUT2D eigenvalue weighted by Gasteiger charge is 2.54. The first-order valence-electron chi connectivity index (χ1n) is 9.47.